The predicted molar refractivity (Wildman–Crippen MR) is 92.2 cm³/mol. The van der Waals surface area contributed by atoms with E-state index in [2.05, 4.69) is 20.2 Å². The third-order valence-electron chi connectivity index (χ3n) is 3.97. The van der Waals surface area contributed by atoms with Crippen LogP contribution in [0.1, 0.15) is 23.2 Å². The SMILES string of the molecule is CN(C)c1cccc(C(=O)Nc2cncnc2N2CCCC2)c1. The molecule has 0 saturated carbocycles. The van der Waals surface area contributed by atoms with Crippen LogP contribution < -0.4 is 15.1 Å². The predicted octanol–water partition coefficient (Wildman–Crippen LogP) is 2.40. The van der Waals surface area contributed by atoms with Gasteiger partial charge in [0.1, 0.15) is 12.0 Å². The molecule has 0 atom stereocenters. The molecule has 1 aromatic heterocycles. The van der Waals surface area contributed by atoms with E-state index in [1.54, 1.807) is 6.20 Å². The van der Waals surface area contributed by atoms with Crippen LogP contribution in [0.15, 0.2) is 36.8 Å². The first-order valence-electron chi connectivity index (χ1n) is 7.79. The lowest BCUT2D eigenvalue weighted by Crippen LogP contribution is -2.22. The Morgan fingerprint density at radius 3 is 2.78 bits per heavy atom. The highest BCUT2D eigenvalue weighted by molar-refractivity contribution is 6.06. The molecule has 1 aliphatic heterocycles. The van der Waals surface area contributed by atoms with Gasteiger partial charge in [-0.15, -0.1) is 0 Å². The second-order valence-electron chi connectivity index (χ2n) is 5.85. The summed E-state index contributed by atoms with van der Waals surface area (Å²) in [6, 6.07) is 7.53. The zero-order chi connectivity index (χ0) is 16.2. The molecule has 1 amide bonds. The van der Waals surface area contributed by atoms with Crippen molar-refractivity contribution in [2.75, 3.05) is 42.3 Å². The maximum Gasteiger partial charge on any atom is 0.255 e. The molecule has 0 bridgehead atoms. The number of benzene rings is 1. The van der Waals surface area contributed by atoms with Gasteiger partial charge in [-0.3, -0.25) is 4.79 Å². The van der Waals surface area contributed by atoms with Gasteiger partial charge in [-0.1, -0.05) is 6.07 Å². The summed E-state index contributed by atoms with van der Waals surface area (Å²) in [5.41, 5.74) is 2.27. The highest BCUT2D eigenvalue weighted by Crippen LogP contribution is 2.26. The van der Waals surface area contributed by atoms with Gasteiger partial charge in [-0.25, -0.2) is 9.97 Å². The molecule has 6 heteroatoms. The van der Waals surface area contributed by atoms with Crippen LogP contribution >= 0.6 is 0 Å². The molecule has 1 aliphatic rings. The van der Waals surface area contributed by atoms with Gasteiger partial charge in [-0.2, -0.15) is 0 Å². The van der Waals surface area contributed by atoms with E-state index < -0.39 is 0 Å². The summed E-state index contributed by atoms with van der Waals surface area (Å²) in [5, 5.41) is 2.95. The number of aromatic nitrogens is 2. The summed E-state index contributed by atoms with van der Waals surface area (Å²) in [7, 11) is 3.90. The lowest BCUT2D eigenvalue weighted by molar-refractivity contribution is 0.102. The van der Waals surface area contributed by atoms with Crippen LogP contribution in [0.3, 0.4) is 0 Å². The van der Waals surface area contributed by atoms with Gasteiger partial charge in [0, 0.05) is 38.4 Å². The van der Waals surface area contributed by atoms with Crippen molar-refractivity contribution in [2.24, 2.45) is 0 Å². The van der Waals surface area contributed by atoms with Crippen LogP contribution in [0.5, 0.6) is 0 Å². The maximum absolute atomic E-state index is 12.6. The molecule has 23 heavy (non-hydrogen) atoms. The Labute approximate surface area is 136 Å². The number of hydrogen-bond donors (Lipinski definition) is 1. The summed E-state index contributed by atoms with van der Waals surface area (Å²) in [6.45, 7) is 1.94. The Balaban J connectivity index is 1.82. The monoisotopic (exact) mass is 311 g/mol. The molecule has 1 aromatic carbocycles. The van der Waals surface area contributed by atoms with Gasteiger partial charge < -0.3 is 15.1 Å². The summed E-state index contributed by atoms with van der Waals surface area (Å²) < 4.78 is 0. The average molecular weight is 311 g/mol. The maximum atomic E-state index is 12.6. The van der Waals surface area contributed by atoms with Crippen molar-refractivity contribution >= 4 is 23.1 Å². The van der Waals surface area contributed by atoms with E-state index in [0.29, 0.717) is 11.3 Å². The number of nitrogens with zero attached hydrogens (tertiary/aromatic N) is 4. The van der Waals surface area contributed by atoms with E-state index in [9.17, 15) is 4.79 Å². The van der Waals surface area contributed by atoms with Crippen molar-refractivity contribution in [1.29, 1.82) is 0 Å². The summed E-state index contributed by atoms with van der Waals surface area (Å²) >= 11 is 0. The standard InChI is InChI=1S/C17H21N5O/c1-21(2)14-7-5-6-13(10-14)17(23)20-15-11-18-12-19-16(15)22-8-3-4-9-22/h5-7,10-12H,3-4,8-9H2,1-2H3,(H,20,23). The Kier molecular flexibility index (Phi) is 4.41. The Morgan fingerprint density at radius 2 is 2.04 bits per heavy atom. The van der Waals surface area contributed by atoms with Crippen LogP contribution in [0.4, 0.5) is 17.2 Å². The van der Waals surface area contributed by atoms with Crippen molar-refractivity contribution < 1.29 is 4.79 Å². The van der Waals surface area contributed by atoms with E-state index in [4.69, 9.17) is 0 Å². The van der Waals surface area contributed by atoms with Gasteiger partial charge in [0.25, 0.3) is 5.91 Å². The summed E-state index contributed by atoms with van der Waals surface area (Å²) in [4.78, 5) is 25.1. The van der Waals surface area contributed by atoms with Crippen molar-refractivity contribution in [3.05, 3.63) is 42.4 Å². The first-order valence-corrected chi connectivity index (χ1v) is 7.79. The van der Waals surface area contributed by atoms with Gasteiger partial charge in [0.2, 0.25) is 0 Å². The number of carbonyl (C=O) groups is 1. The number of amides is 1. The van der Waals surface area contributed by atoms with Gasteiger partial charge >= 0.3 is 0 Å². The molecule has 0 spiro atoms. The first kappa shape index (κ1) is 15.3. The van der Waals surface area contributed by atoms with Crippen molar-refractivity contribution in [3.8, 4) is 0 Å². The number of anilines is 3. The van der Waals surface area contributed by atoms with E-state index in [1.165, 1.54) is 6.33 Å². The molecule has 6 nitrogen and oxygen atoms in total. The van der Waals surface area contributed by atoms with E-state index >= 15 is 0 Å². The van der Waals surface area contributed by atoms with Crippen LogP contribution in [0.2, 0.25) is 0 Å². The minimum absolute atomic E-state index is 0.149. The Hall–Kier alpha value is -2.63. The zero-order valence-corrected chi connectivity index (χ0v) is 13.5. The van der Waals surface area contributed by atoms with Crippen molar-refractivity contribution in [2.45, 2.75) is 12.8 Å². The van der Waals surface area contributed by atoms with E-state index in [-0.39, 0.29) is 5.91 Å². The van der Waals surface area contributed by atoms with Crippen molar-refractivity contribution in [3.63, 3.8) is 0 Å². The van der Waals surface area contributed by atoms with Crippen LogP contribution in [-0.2, 0) is 0 Å². The van der Waals surface area contributed by atoms with Gasteiger partial charge in [0.05, 0.1) is 6.20 Å². The van der Waals surface area contributed by atoms with E-state index in [1.807, 2.05) is 43.3 Å². The number of carbonyl (C=O) groups excluding carboxylic acids is 1. The Morgan fingerprint density at radius 1 is 1.26 bits per heavy atom. The summed E-state index contributed by atoms with van der Waals surface area (Å²) in [5.74, 6) is 0.651. The minimum Gasteiger partial charge on any atom is -0.378 e. The fourth-order valence-electron chi connectivity index (χ4n) is 2.71. The molecular weight excluding hydrogens is 290 g/mol. The normalized spacial score (nSPS) is 13.9. The molecule has 0 aliphatic carbocycles. The molecular formula is C17H21N5O. The third kappa shape index (κ3) is 3.41. The highest BCUT2D eigenvalue weighted by atomic mass is 16.1. The summed E-state index contributed by atoms with van der Waals surface area (Å²) in [6.07, 6.45) is 5.49. The second kappa shape index (κ2) is 6.64. The molecule has 0 unspecified atom stereocenters. The first-order chi connectivity index (χ1) is 11.1. The highest BCUT2D eigenvalue weighted by Gasteiger charge is 2.19. The molecule has 3 rings (SSSR count). The molecule has 0 radical (unpaired) electrons. The van der Waals surface area contributed by atoms with Crippen LogP contribution in [0.25, 0.3) is 0 Å². The van der Waals surface area contributed by atoms with Crippen LogP contribution in [-0.4, -0.2) is 43.1 Å². The number of rotatable bonds is 4. The lowest BCUT2D eigenvalue weighted by Gasteiger charge is -2.19. The Bertz CT molecular complexity index is 695. The topological polar surface area (TPSA) is 61.4 Å². The molecule has 2 aromatic rings. The molecule has 1 N–H and O–H groups in total. The van der Waals surface area contributed by atoms with Crippen molar-refractivity contribution in [1.82, 2.24) is 9.97 Å². The third-order valence-corrected chi connectivity index (χ3v) is 3.97. The number of nitrogens with one attached hydrogen (secondary N) is 1. The molecule has 2 heterocycles. The van der Waals surface area contributed by atoms with E-state index in [0.717, 1.165) is 37.4 Å². The lowest BCUT2D eigenvalue weighted by atomic mass is 10.2. The minimum atomic E-state index is -0.149. The molecule has 1 saturated heterocycles. The number of hydrogen-bond acceptors (Lipinski definition) is 5. The second-order valence-corrected chi connectivity index (χ2v) is 5.85. The smallest absolute Gasteiger partial charge is 0.255 e. The average Bonchev–Trinajstić information content (AvgIpc) is 3.09. The molecule has 1 fully saturated rings. The van der Waals surface area contributed by atoms with Gasteiger partial charge in [0.15, 0.2) is 5.82 Å². The fraction of sp³-hybridized carbons (Fsp3) is 0.353. The zero-order valence-electron chi connectivity index (χ0n) is 13.5. The van der Waals surface area contributed by atoms with Crippen LogP contribution in [0, 0.1) is 0 Å². The fourth-order valence-corrected chi connectivity index (χ4v) is 2.71. The quantitative estimate of drug-likeness (QED) is 0.939. The molecule has 120 valence electrons. The largest absolute Gasteiger partial charge is 0.378 e. The van der Waals surface area contributed by atoms with Gasteiger partial charge in [-0.05, 0) is 31.0 Å².